The van der Waals surface area contributed by atoms with Crippen LogP contribution in [-0.2, 0) is 22.9 Å². The van der Waals surface area contributed by atoms with Gasteiger partial charge in [-0.1, -0.05) is 12.1 Å². The minimum absolute atomic E-state index is 0.00822. The number of aryl methyl sites for hydroxylation is 1. The highest BCUT2D eigenvalue weighted by Crippen LogP contribution is 2.31. The van der Waals surface area contributed by atoms with Gasteiger partial charge in [-0.2, -0.15) is 9.57 Å². The van der Waals surface area contributed by atoms with Crippen LogP contribution in [0.15, 0.2) is 34.5 Å². The first kappa shape index (κ1) is 19.1. The van der Waals surface area contributed by atoms with E-state index in [0.29, 0.717) is 13.1 Å². The molecule has 0 bridgehead atoms. The lowest BCUT2D eigenvalue weighted by molar-refractivity contribution is 0.0697. The van der Waals surface area contributed by atoms with Crippen LogP contribution in [0.4, 0.5) is 0 Å². The minimum Gasteiger partial charge on any atom is -0.336 e. The van der Waals surface area contributed by atoms with E-state index in [0.717, 1.165) is 24.8 Å². The summed E-state index contributed by atoms with van der Waals surface area (Å²) in [4.78, 5) is 16.1. The number of nitriles is 1. The molecule has 4 rings (SSSR count). The molecule has 28 heavy (non-hydrogen) atoms. The minimum atomic E-state index is -3.75. The molecule has 1 aliphatic heterocycles. The van der Waals surface area contributed by atoms with Gasteiger partial charge in [-0.25, -0.2) is 8.42 Å². The van der Waals surface area contributed by atoms with Gasteiger partial charge in [0.05, 0.1) is 16.0 Å². The van der Waals surface area contributed by atoms with Crippen LogP contribution < -0.4 is 0 Å². The monoisotopic (exact) mass is 415 g/mol. The van der Waals surface area contributed by atoms with Crippen LogP contribution in [0, 0.1) is 11.3 Å². The molecule has 0 atom stereocenters. The maximum absolute atomic E-state index is 13.0. The predicted molar refractivity (Wildman–Crippen MR) is 107 cm³/mol. The summed E-state index contributed by atoms with van der Waals surface area (Å²) in [5, 5.41) is 11.2. The fourth-order valence-corrected chi connectivity index (χ4v) is 6.58. The number of benzene rings is 1. The summed E-state index contributed by atoms with van der Waals surface area (Å²) in [6.45, 7) is 1.19. The molecule has 1 saturated heterocycles. The van der Waals surface area contributed by atoms with E-state index in [4.69, 9.17) is 0 Å². The zero-order valence-corrected chi connectivity index (χ0v) is 17.1. The van der Waals surface area contributed by atoms with Crippen molar-refractivity contribution in [3.8, 4) is 6.07 Å². The van der Waals surface area contributed by atoms with Crippen molar-refractivity contribution in [3.05, 3.63) is 51.2 Å². The summed E-state index contributed by atoms with van der Waals surface area (Å²) >= 11 is 1.67. The average molecular weight is 416 g/mol. The first-order chi connectivity index (χ1) is 13.5. The molecule has 2 heterocycles. The highest BCUT2D eigenvalue weighted by molar-refractivity contribution is 7.89. The summed E-state index contributed by atoms with van der Waals surface area (Å²) < 4.78 is 27.2. The fraction of sp³-hybridized carbons (Fsp3) is 0.400. The first-order valence-electron chi connectivity index (χ1n) is 9.40. The molecule has 6 nitrogen and oxygen atoms in total. The lowest BCUT2D eigenvalue weighted by atomic mass is 9.95. The van der Waals surface area contributed by atoms with E-state index >= 15 is 0 Å². The number of nitrogens with zero attached hydrogens (tertiary/aromatic N) is 3. The summed E-state index contributed by atoms with van der Waals surface area (Å²) in [5.41, 5.74) is 2.14. The van der Waals surface area contributed by atoms with Gasteiger partial charge in [0.1, 0.15) is 6.07 Å². The van der Waals surface area contributed by atoms with Gasteiger partial charge in [-0.3, -0.25) is 4.79 Å². The van der Waals surface area contributed by atoms with E-state index in [9.17, 15) is 18.5 Å². The van der Waals surface area contributed by atoms with Crippen molar-refractivity contribution in [1.82, 2.24) is 9.21 Å². The van der Waals surface area contributed by atoms with E-state index in [-0.39, 0.29) is 29.5 Å². The number of piperazine rings is 1. The molecule has 1 amide bonds. The Balaban J connectivity index is 1.48. The quantitative estimate of drug-likeness (QED) is 0.772. The van der Waals surface area contributed by atoms with Crippen LogP contribution in [0.1, 0.15) is 39.2 Å². The summed E-state index contributed by atoms with van der Waals surface area (Å²) in [6.07, 6.45) is 4.31. The smallest absolute Gasteiger partial charge is 0.255 e. The van der Waals surface area contributed by atoms with Gasteiger partial charge in [0.15, 0.2) is 0 Å². The van der Waals surface area contributed by atoms with E-state index in [1.165, 1.54) is 33.3 Å². The van der Waals surface area contributed by atoms with E-state index < -0.39 is 10.0 Å². The molecule has 8 heteroatoms. The normalized spacial score (nSPS) is 17.8. The second kappa shape index (κ2) is 7.66. The van der Waals surface area contributed by atoms with Crippen molar-refractivity contribution < 1.29 is 13.2 Å². The molecule has 1 aromatic heterocycles. The Bertz CT molecular complexity index is 1040. The maximum Gasteiger partial charge on any atom is 0.255 e. The van der Waals surface area contributed by atoms with Gasteiger partial charge in [0.2, 0.25) is 10.0 Å². The molecule has 0 spiro atoms. The van der Waals surface area contributed by atoms with Crippen molar-refractivity contribution in [1.29, 1.82) is 5.26 Å². The maximum atomic E-state index is 13.0. The van der Waals surface area contributed by atoms with Crippen LogP contribution in [0.25, 0.3) is 0 Å². The molecule has 2 aromatic rings. The average Bonchev–Trinajstić information content (AvgIpc) is 3.17. The Kier molecular flexibility index (Phi) is 5.23. The van der Waals surface area contributed by atoms with Gasteiger partial charge in [0, 0.05) is 36.4 Å². The van der Waals surface area contributed by atoms with Crippen molar-refractivity contribution in [3.63, 3.8) is 0 Å². The molecular weight excluding hydrogens is 394 g/mol. The lowest BCUT2D eigenvalue weighted by Gasteiger charge is -2.34. The molecule has 0 radical (unpaired) electrons. The lowest BCUT2D eigenvalue weighted by Crippen LogP contribution is -2.50. The number of fused-ring (bicyclic) bond motifs is 1. The van der Waals surface area contributed by atoms with Gasteiger partial charge < -0.3 is 4.90 Å². The summed E-state index contributed by atoms with van der Waals surface area (Å²) in [7, 11) is -3.75. The molecular formula is C20H21N3O3S2. The summed E-state index contributed by atoms with van der Waals surface area (Å²) in [5.74, 6) is 0.00822. The van der Waals surface area contributed by atoms with Crippen LogP contribution in [0.5, 0.6) is 0 Å². The number of carbonyl (C=O) groups excluding carboxylic acids is 1. The molecule has 2 aliphatic rings. The number of rotatable bonds is 3. The first-order valence-corrected chi connectivity index (χ1v) is 11.7. The van der Waals surface area contributed by atoms with Crippen molar-refractivity contribution in [2.24, 2.45) is 0 Å². The zero-order valence-electron chi connectivity index (χ0n) is 15.4. The highest BCUT2D eigenvalue weighted by Gasteiger charge is 2.33. The third kappa shape index (κ3) is 3.34. The fourth-order valence-electron chi connectivity index (χ4n) is 3.90. The Morgan fingerprint density at radius 1 is 1.07 bits per heavy atom. The number of amides is 1. The Morgan fingerprint density at radius 2 is 1.79 bits per heavy atom. The van der Waals surface area contributed by atoms with Crippen LogP contribution in [0.3, 0.4) is 0 Å². The molecule has 1 aliphatic carbocycles. The Labute approximate surface area is 169 Å². The van der Waals surface area contributed by atoms with E-state index in [2.05, 4.69) is 0 Å². The second-order valence-electron chi connectivity index (χ2n) is 7.06. The topological polar surface area (TPSA) is 81.5 Å². The Morgan fingerprint density at radius 3 is 2.54 bits per heavy atom. The third-order valence-corrected chi connectivity index (χ3v) is 8.49. The van der Waals surface area contributed by atoms with E-state index in [1.807, 2.05) is 11.4 Å². The van der Waals surface area contributed by atoms with Gasteiger partial charge in [-0.05, 0) is 43.4 Å². The molecule has 0 unspecified atom stereocenters. The van der Waals surface area contributed by atoms with E-state index in [1.54, 1.807) is 28.4 Å². The van der Waals surface area contributed by atoms with Gasteiger partial charge in [0.25, 0.3) is 5.91 Å². The van der Waals surface area contributed by atoms with Crippen LogP contribution in [-0.4, -0.2) is 49.7 Å². The van der Waals surface area contributed by atoms with Gasteiger partial charge >= 0.3 is 0 Å². The standard InChI is InChI=1S/C20H21N3O3S2/c21-13-15-5-1-4-8-19(15)28(25,26)23-11-9-22(10-12-23)20(24)17-14-27-18-7-3-2-6-16(17)18/h1,4-5,8,14H,2-3,6-7,9-12H2. The molecule has 1 fully saturated rings. The van der Waals surface area contributed by atoms with Crippen molar-refractivity contribution in [2.75, 3.05) is 26.2 Å². The van der Waals surface area contributed by atoms with Crippen LogP contribution >= 0.6 is 11.3 Å². The number of sulfonamides is 1. The number of carbonyl (C=O) groups is 1. The largest absolute Gasteiger partial charge is 0.336 e. The number of hydrogen-bond acceptors (Lipinski definition) is 5. The van der Waals surface area contributed by atoms with Crippen molar-refractivity contribution >= 4 is 27.3 Å². The SMILES string of the molecule is N#Cc1ccccc1S(=O)(=O)N1CCN(C(=O)c2csc3c2CCCC3)CC1. The van der Waals surface area contributed by atoms with Crippen molar-refractivity contribution in [2.45, 2.75) is 30.6 Å². The second-order valence-corrected chi connectivity index (χ2v) is 9.93. The zero-order chi connectivity index (χ0) is 19.7. The predicted octanol–water partition coefficient (Wildman–Crippen LogP) is 2.65. The molecule has 0 N–H and O–H groups in total. The molecule has 146 valence electrons. The highest BCUT2D eigenvalue weighted by atomic mass is 32.2. The molecule has 0 saturated carbocycles. The Hall–Kier alpha value is -2.21. The number of thiophene rings is 1. The molecule has 1 aromatic carbocycles. The number of hydrogen-bond donors (Lipinski definition) is 0. The van der Waals surface area contributed by atoms with Gasteiger partial charge in [-0.15, -0.1) is 11.3 Å². The van der Waals surface area contributed by atoms with Crippen LogP contribution in [0.2, 0.25) is 0 Å². The summed E-state index contributed by atoms with van der Waals surface area (Å²) in [6, 6.07) is 8.18. The third-order valence-electron chi connectivity index (χ3n) is 5.44.